The first-order valence-corrected chi connectivity index (χ1v) is 7.74. The van der Waals surface area contributed by atoms with Crippen LogP contribution in [0.5, 0.6) is 0 Å². The number of aliphatic hydroxyl groups excluding tert-OH is 1. The average Bonchev–Trinajstić information content (AvgIpc) is 2.43. The fraction of sp³-hybridized carbons (Fsp3) is 0.533. The highest BCUT2D eigenvalue weighted by molar-refractivity contribution is 7.98. The van der Waals surface area contributed by atoms with E-state index in [0.717, 1.165) is 17.7 Å². The topological polar surface area (TPSA) is 49.3 Å². The minimum Gasteiger partial charge on any atom is -0.396 e. The van der Waals surface area contributed by atoms with E-state index in [1.165, 1.54) is 0 Å². The number of rotatable bonds is 7. The molecular weight excluding hydrogens is 258 g/mol. The highest BCUT2D eigenvalue weighted by Crippen LogP contribution is 2.21. The highest BCUT2D eigenvalue weighted by atomic mass is 32.2. The maximum Gasteiger partial charge on any atom is 0.251 e. The van der Waals surface area contributed by atoms with Gasteiger partial charge in [-0.1, -0.05) is 13.8 Å². The fourth-order valence-corrected chi connectivity index (χ4v) is 2.22. The summed E-state index contributed by atoms with van der Waals surface area (Å²) in [6.07, 6.45) is 3.68. The van der Waals surface area contributed by atoms with E-state index in [1.54, 1.807) is 11.8 Å². The van der Waals surface area contributed by atoms with Gasteiger partial charge in [0, 0.05) is 23.6 Å². The van der Waals surface area contributed by atoms with Crippen LogP contribution in [0.3, 0.4) is 0 Å². The zero-order valence-electron chi connectivity index (χ0n) is 11.9. The van der Waals surface area contributed by atoms with Crippen molar-refractivity contribution in [2.24, 2.45) is 5.41 Å². The van der Waals surface area contributed by atoms with Gasteiger partial charge in [-0.15, -0.1) is 11.8 Å². The maximum absolute atomic E-state index is 12.0. The van der Waals surface area contributed by atoms with Crippen LogP contribution >= 0.6 is 11.8 Å². The molecule has 0 unspecified atom stereocenters. The molecule has 0 bridgehead atoms. The normalized spacial score (nSPS) is 11.4. The molecule has 0 aromatic heterocycles. The number of hydrogen-bond donors (Lipinski definition) is 2. The standard InChI is InChI=1S/C15H23NO2S/c1-15(2,9-4-10-17)11-16-14(18)12-5-7-13(19-3)8-6-12/h5-8,17H,4,9-11H2,1-3H3,(H,16,18). The molecule has 0 heterocycles. The van der Waals surface area contributed by atoms with Crippen LogP contribution in [-0.4, -0.2) is 30.4 Å². The molecule has 19 heavy (non-hydrogen) atoms. The van der Waals surface area contributed by atoms with E-state index in [1.807, 2.05) is 30.5 Å². The molecule has 1 rings (SSSR count). The van der Waals surface area contributed by atoms with E-state index in [-0.39, 0.29) is 17.9 Å². The number of aliphatic hydroxyl groups is 1. The van der Waals surface area contributed by atoms with Gasteiger partial charge in [0.25, 0.3) is 5.91 Å². The number of hydrogen-bond acceptors (Lipinski definition) is 3. The van der Waals surface area contributed by atoms with Crippen molar-refractivity contribution in [2.75, 3.05) is 19.4 Å². The Bertz CT molecular complexity index is 401. The van der Waals surface area contributed by atoms with E-state index < -0.39 is 0 Å². The van der Waals surface area contributed by atoms with Gasteiger partial charge in [0.2, 0.25) is 0 Å². The van der Waals surface area contributed by atoms with Crippen LogP contribution in [0.15, 0.2) is 29.2 Å². The predicted molar refractivity (Wildman–Crippen MR) is 80.7 cm³/mol. The predicted octanol–water partition coefficient (Wildman–Crippen LogP) is 2.94. The third-order valence-corrected chi connectivity index (χ3v) is 3.83. The summed E-state index contributed by atoms with van der Waals surface area (Å²) < 4.78 is 0. The average molecular weight is 281 g/mol. The van der Waals surface area contributed by atoms with Crippen LogP contribution in [-0.2, 0) is 0 Å². The van der Waals surface area contributed by atoms with Gasteiger partial charge in [0.15, 0.2) is 0 Å². The number of thioether (sulfide) groups is 1. The molecule has 0 atom stereocenters. The monoisotopic (exact) mass is 281 g/mol. The Hall–Kier alpha value is -1.00. The van der Waals surface area contributed by atoms with Crippen LogP contribution in [0.25, 0.3) is 0 Å². The molecule has 0 spiro atoms. The van der Waals surface area contributed by atoms with Crippen LogP contribution in [0.1, 0.15) is 37.0 Å². The van der Waals surface area contributed by atoms with Gasteiger partial charge < -0.3 is 10.4 Å². The Morgan fingerprint density at radius 1 is 1.32 bits per heavy atom. The Balaban J connectivity index is 2.50. The van der Waals surface area contributed by atoms with Gasteiger partial charge in [-0.3, -0.25) is 4.79 Å². The van der Waals surface area contributed by atoms with E-state index in [9.17, 15) is 4.79 Å². The van der Waals surface area contributed by atoms with E-state index in [0.29, 0.717) is 12.1 Å². The minimum atomic E-state index is -0.0373. The molecule has 0 aliphatic carbocycles. The smallest absolute Gasteiger partial charge is 0.251 e. The molecule has 0 radical (unpaired) electrons. The molecule has 0 aliphatic rings. The first kappa shape index (κ1) is 16.1. The first-order valence-electron chi connectivity index (χ1n) is 6.51. The summed E-state index contributed by atoms with van der Waals surface area (Å²) in [5.74, 6) is -0.0373. The molecular formula is C15H23NO2S. The molecule has 0 aliphatic heterocycles. The highest BCUT2D eigenvalue weighted by Gasteiger charge is 2.18. The van der Waals surface area contributed by atoms with Crippen molar-refractivity contribution in [1.82, 2.24) is 5.32 Å². The van der Waals surface area contributed by atoms with Crippen LogP contribution in [0.2, 0.25) is 0 Å². The fourth-order valence-electron chi connectivity index (χ4n) is 1.81. The molecule has 3 nitrogen and oxygen atoms in total. The van der Waals surface area contributed by atoms with Crippen LogP contribution < -0.4 is 5.32 Å². The minimum absolute atomic E-state index is 0.0115. The molecule has 0 fully saturated rings. The van der Waals surface area contributed by atoms with Crippen molar-refractivity contribution in [2.45, 2.75) is 31.6 Å². The van der Waals surface area contributed by atoms with Crippen LogP contribution in [0.4, 0.5) is 0 Å². The number of amides is 1. The molecule has 106 valence electrons. The summed E-state index contributed by atoms with van der Waals surface area (Å²) in [4.78, 5) is 13.2. The third kappa shape index (κ3) is 5.66. The molecule has 1 aromatic carbocycles. The van der Waals surface area contributed by atoms with E-state index >= 15 is 0 Å². The van der Waals surface area contributed by atoms with Gasteiger partial charge in [-0.2, -0.15) is 0 Å². The molecule has 2 N–H and O–H groups in total. The quantitative estimate of drug-likeness (QED) is 0.756. The zero-order valence-corrected chi connectivity index (χ0v) is 12.7. The molecule has 4 heteroatoms. The molecule has 1 aromatic rings. The molecule has 1 amide bonds. The van der Waals surface area contributed by atoms with Crippen molar-refractivity contribution in [3.8, 4) is 0 Å². The zero-order chi connectivity index (χ0) is 14.3. The summed E-state index contributed by atoms with van der Waals surface area (Å²) in [7, 11) is 0. The number of carbonyl (C=O) groups is 1. The van der Waals surface area contributed by atoms with Crippen molar-refractivity contribution in [3.05, 3.63) is 29.8 Å². The Morgan fingerprint density at radius 3 is 2.47 bits per heavy atom. The number of carbonyl (C=O) groups excluding carboxylic acids is 1. The second-order valence-corrected chi connectivity index (χ2v) is 6.28. The van der Waals surface area contributed by atoms with Gasteiger partial charge in [0.05, 0.1) is 0 Å². The lowest BCUT2D eigenvalue weighted by molar-refractivity contribution is 0.0933. The maximum atomic E-state index is 12.0. The van der Waals surface area contributed by atoms with Crippen molar-refractivity contribution in [1.29, 1.82) is 0 Å². The van der Waals surface area contributed by atoms with Crippen LogP contribution in [0, 0.1) is 5.41 Å². The lowest BCUT2D eigenvalue weighted by Crippen LogP contribution is -2.34. The Morgan fingerprint density at radius 2 is 1.95 bits per heavy atom. The lowest BCUT2D eigenvalue weighted by atomic mass is 9.88. The SMILES string of the molecule is CSc1ccc(C(=O)NCC(C)(C)CCCO)cc1. The molecule has 0 saturated heterocycles. The van der Waals surface area contributed by atoms with Crippen molar-refractivity contribution < 1.29 is 9.90 Å². The largest absolute Gasteiger partial charge is 0.396 e. The summed E-state index contributed by atoms with van der Waals surface area (Å²) in [6.45, 7) is 5.02. The van der Waals surface area contributed by atoms with E-state index in [4.69, 9.17) is 5.11 Å². The summed E-state index contributed by atoms with van der Waals surface area (Å²) in [5, 5.41) is 11.8. The summed E-state index contributed by atoms with van der Waals surface area (Å²) in [5.41, 5.74) is 0.702. The van der Waals surface area contributed by atoms with Crippen molar-refractivity contribution >= 4 is 17.7 Å². The molecule has 0 saturated carbocycles. The second-order valence-electron chi connectivity index (χ2n) is 5.40. The van der Waals surface area contributed by atoms with Gasteiger partial charge in [0.1, 0.15) is 0 Å². The lowest BCUT2D eigenvalue weighted by Gasteiger charge is -2.24. The number of nitrogens with one attached hydrogen (secondary N) is 1. The summed E-state index contributed by atoms with van der Waals surface area (Å²) >= 11 is 1.66. The number of benzene rings is 1. The van der Waals surface area contributed by atoms with Crippen molar-refractivity contribution in [3.63, 3.8) is 0 Å². The van der Waals surface area contributed by atoms with E-state index in [2.05, 4.69) is 19.2 Å². The Kier molecular flexibility index (Phi) is 6.38. The third-order valence-electron chi connectivity index (χ3n) is 3.09. The first-order chi connectivity index (χ1) is 8.98. The second kappa shape index (κ2) is 7.56. The van der Waals surface area contributed by atoms with Gasteiger partial charge >= 0.3 is 0 Å². The summed E-state index contributed by atoms with van der Waals surface area (Å²) in [6, 6.07) is 7.61. The van der Waals surface area contributed by atoms with Gasteiger partial charge in [-0.05, 0) is 48.8 Å². The van der Waals surface area contributed by atoms with Gasteiger partial charge in [-0.25, -0.2) is 0 Å². The Labute approximate surface area is 119 Å².